The zero-order chi connectivity index (χ0) is 23.5. The number of anilines is 2. The summed E-state index contributed by atoms with van der Waals surface area (Å²) >= 11 is 0. The number of hydrogen-bond donors (Lipinski definition) is 0. The van der Waals surface area contributed by atoms with Crippen molar-refractivity contribution in [2.75, 3.05) is 49.7 Å². The second-order valence-electron chi connectivity index (χ2n) is 9.75. The smallest absolute Gasteiger partial charge is 0.258 e. The average Bonchev–Trinajstić information content (AvgIpc) is 3.30. The lowest BCUT2D eigenvalue weighted by atomic mass is 9.82. The summed E-state index contributed by atoms with van der Waals surface area (Å²) in [6.45, 7) is 3.76. The highest BCUT2D eigenvalue weighted by Crippen LogP contribution is 2.35. The Balaban J connectivity index is 1.29. The number of carbonyl (C=O) groups is 2. The second kappa shape index (κ2) is 10.3. The maximum absolute atomic E-state index is 13.5. The van der Waals surface area contributed by atoms with E-state index < -0.39 is 0 Å². The Morgan fingerprint density at radius 3 is 2.35 bits per heavy atom. The molecule has 2 aromatic rings. The number of benzene rings is 2. The Hall–Kier alpha value is -2.70. The maximum atomic E-state index is 13.5. The van der Waals surface area contributed by atoms with E-state index in [4.69, 9.17) is 4.74 Å². The summed E-state index contributed by atoms with van der Waals surface area (Å²) < 4.78 is 5.44. The molecule has 6 heteroatoms. The molecule has 5 rings (SSSR count). The molecule has 1 aliphatic carbocycles. The molecule has 0 radical (unpaired) electrons. The van der Waals surface area contributed by atoms with Crippen molar-refractivity contribution in [3.63, 3.8) is 0 Å². The fourth-order valence-electron chi connectivity index (χ4n) is 5.76. The molecule has 0 spiro atoms. The topological polar surface area (TPSA) is 53.1 Å². The quantitative estimate of drug-likeness (QED) is 0.660. The van der Waals surface area contributed by atoms with E-state index in [1.807, 2.05) is 54.4 Å². The minimum Gasteiger partial charge on any atom is -0.379 e. The second-order valence-corrected chi connectivity index (χ2v) is 9.75. The van der Waals surface area contributed by atoms with Gasteiger partial charge < -0.3 is 14.5 Å². The van der Waals surface area contributed by atoms with Gasteiger partial charge in [-0.1, -0.05) is 37.5 Å². The molecule has 1 saturated carbocycles. The molecule has 6 nitrogen and oxygen atoms in total. The molecule has 0 aromatic heterocycles. The highest BCUT2D eigenvalue weighted by molar-refractivity contribution is 6.07. The number of rotatable bonds is 5. The van der Waals surface area contributed by atoms with Crippen molar-refractivity contribution < 1.29 is 14.3 Å². The van der Waals surface area contributed by atoms with Crippen LogP contribution < -0.4 is 9.80 Å². The van der Waals surface area contributed by atoms with Gasteiger partial charge >= 0.3 is 0 Å². The zero-order valence-corrected chi connectivity index (χ0v) is 20.1. The molecule has 3 aliphatic rings. The van der Waals surface area contributed by atoms with Crippen LogP contribution in [0.5, 0.6) is 0 Å². The van der Waals surface area contributed by atoms with E-state index in [0.717, 1.165) is 55.8 Å². The number of nitrogens with zero attached hydrogens (tertiary/aromatic N) is 3. The fraction of sp³-hybridized carbons (Fsp3) is 0.500. The van der Waals surface area contributed by atoms with Crippen molar-refractivity contribution in [3.8, 4) is 0 Å². The first-order valence-corrected chi connectivity index (χ1v) is 12.7. The van der Waals surface area contributed by atoms with Gasteiger partial charge in [-0.2, -0.15) is 0 Å². The summed E-state index contributed by atoms with van der Waals surface area (Å²) in [7, 11) is 1.84. The van der Waals surface area contributed by atoms with E-state index in [9.17, 15) is 9.59 Å². The lowest BCUT2D eigenvalue weighted by molar-refractivity contribution is -0.123. The monoisotopic (exact) mass is 461 g/mol. The predicted molar refractivity (Wildman–Crippen MR) is 135 cm³/mol. The van der Waals surface area contributed by atoms with Crippen LogP contribution in [0.1, 0.15) is 60.4 Å². The van der Waals surface area contributed by atoms with Gasteiger partial charge in [0.25, 0.3) is 5.91 Å². The molecule has 34 heavy (non-hydrogen) atoms. The normalized spacial score (nSPS) is 22.2. The first kappa shape index (κ1) is 23.1. The number of ether oxygens (including phenoxy) is 1. The van der Waals surface area contributed by atoms with Crippen molar-refractivity contribution in [1.29, 1.82) is 0 Å². The van der Waals surface area contributed by atoms with Crippen LogP contribution in [0.4, 0.5) is 11.4 Å². The van der Waals surface area contributed by atoms with Gasteiger partial charge in [-0.25, -0.2) is 0 Å². The van der Waals surface area contributed by atoms with Crippen molar-refractivity contribution in [3.05, 3.63) is 59.7 Å². The lowest BCUT2D eigenvalue weighted by Gasteiger charge is -2.31. The first-order valence-electron chi connectivity index (χ1n) is 12.7. The van der Waals surface area contributed by atoms with E-state index in [1.54, 1.807) is 4.90 Å². The molecule has 2 heterocycles. The summed E-state index contributed by atoms with van der Waals surface area (Å²) in [6, 6.07) is 15.9. The molecule has 2 aromatic carbocycles. The van der Waals surface area contributed by atoms with Crippen molar-refractivity contribution in [1.82, 2.24) is 4.90 Å². The van der Waals surface area contributed by atoms with E-state index >= 15 is 0 Å². The summed E-state index contributed by atoms with van der Waals surface area (Å²) in [6.07, 6.45) is 6.96. The number of amides is 2. The van der Waals surface area contributed by atoms with Gasteiger partial charge in [0.05, 0.1) is 19.3 Å². The Kier molecular flexibility index (Phi) is 6.97. The van der Waals surface area contributed by atoms with Crippen LogP contribution in [0.25, 0.3) is 0 Å². The highest BCUT2D eigenvalue weighted by Gasteiger charge is 2.37. The van der Waals surface area contributed by atoms with Gasteiger partial charge in [0, 0.05) is 43.6 Å². The van der Waals surface area contributed by atoms with Crippen molar-refractivity contribution in [2.24, 2.45) is 0 Å². The minimum atomic E-state index is -0.0517. The maximum Gasteiger partial charge on any atom is 0.258 e. The molecule has 1 unspecified atom stereocenters. The Morgan fingerprint density at radius 1 is 0.912 bits per heavy atom. The third-order valence-electron chi connectivity index (χ3n) is 7.75. The molecule has 1 atom stereocenters. The molecule has 180 valence electrons. The van der Waals surface area contributed by atoms with Crippen molar-refractivity contribution >= 4 is 23.2 Å². The van der Waals surface area contributed by atoms with Crippen LogP contribution in [-0.4, -0.2) is 62.7 Å². The van der Waals surface area contributed by atoms with Gasteiger partial charge in [0.15, 0.2) is 0 Å². The summed E-state index contributed by atoms with van der Waals surface area (Å²) in [5, 5.41) is 0. The van der Waals surface area contributed by atoms with E-state index in [2.05, 4.69) is 11.0 Å². The summed E-state index contributed by atoms with van der Waals surface area (Å²) in [4.78, 5) is 32.4. The SMILES string of the molecule is CN(C(=O)c1ccccc1C1CCCCC1)c1ccc(N2CCC(N3CCOCC3)C2=O)cc1. The van der Waals surface area contributed by atoms with Gasteiger partial charge in [0.1, 0.15) is 0 Å². The first-order chi connectivity index (χ1) is 16.6. The number of morpholine rings is 1. The summed E-state index contributed by atoms with van der Waals surface area (Å²) in [5.74, 6) is 0.671. The molecule has 2 saturated heterocycles. The van der Waals surface area contributed by atoms with Gasteiger partial charge in [-0.05, 0) is 61.1 Å². The Labute approximate surface area is 202 Å². The lowest BCUT2D eigenvalue weighted by Crippen LogP contribution is -2.47. The Morgan fingerprint density at radius 2 is 1.62 bits per heavy atom. The van der Waals surface area contributed by atoms with Crippen molar-refractivity contribution in [2.45, 2.75) is 50.5 Å². The van der Waals surface area contributed by atoms with Crippen LogP contribution in [0.2, 0.25) is 0 Å². The van der Waals surface area contributed by atoms with Gasteiger partial charge in [-0.15, -0.1) is 0 Å². The largest absolute Gasteiger partial charge is 0.379 e. The predicted octanol–water partition coefficient (Wildman–Crippen LogP) is 4.45. The van der Waals surface area contributed by atoms with E-state index in [0.29, 0.717) is 19.1 Å². The van der Waals surface area contributed by atoms with Crippen LogP contribution >= 0.6 is 0 Å². The fourth-order valence-corrected chi connectivity index (χ4v) is 5.76. The Bertz CT molecular complexity index is 1010. The summed E-state index contributed by atoms with van der Waals surface area (Å²) in [5.41, 5.74) is 3.73. The van der Waals surface area contributed by atoms with Crippen LogP contribution in [0.3, 0.4) is 0 Å². The van der Waals surface area contributed by atoms with E-state index in [-0.39, 0.29) is 17.9 Å². The average molecular weight is 462 g/mol. The van der Waals surface area contributed by atoms with Crippen LogP contribution in [0, 0.1) is 0 Å². The number of carbonyl (C=O) groups excluding carboxylic acids is 2. The minimum absolute atomic E-state index is 0.0264. The molecule has 0 bridgehead atoms. The highest BCUT2D eigenvalue weighted by atomic mass is 16.5. The van der Waals surface area contributed by atoms with Crippen LogP contribution in [-0.2, 0) is 9.53 Å². The number of hydrogen-bond acceptors (Lipinski definition) is 4. The molecule has 0 N–H and O–H groups in total. The molecule has 2 amide bonds. The molecular formula is C28H35N3O3. The van der Waals surface area contributed by atoms with Gasteiger partial charge in [-0.3, -0.25) is 14.5 Å². The standard InChI is InChI=1S/C28H35N3O3/c1-29(27(32)25-10-6-5-9-24(25)21-7-3-2-4-8-21)22-11-13-23(14-12-22)31-16-15-26(28(31)33)30-17-19-34-20-18-30/h5-6,9-14,21,26H,2-4,7-8,15-20H2,1H3. The third kappa shape index (κ3) is 4.62. The molecule has 3 fully saturated rings. The third-order valence-corrected chi connectivity index (χ3v) is 7.75. The molecular weight excluding hydrogens is 426 g/mol. The van der Waals surface area contributed by atoms with Gasteiger partial charge in [0.2, 0.25) is 5.91 Å². The zero-order valence-electron chi connectivity index (χ0n) is 20.1. The molecule has 2 aliphatic heterocycles. The van der Waals surface area contributed by atoms with E-state index in [1.165, 1.54) is 24.8 Å². The van der Waals surface area contributed by atoms with Crippen LogP contribution in [0.15, 0.2) is 48.5 Å².